The summed E-state index contributed by atoms with van der Waals surface area (Å²) in [4.78, 5) is 16.5. The third-order valence-electron chi connectivity index (χ3n) is 4.83. The maximum absolute atomic E-state index is 12.4. The van der Waals surface area contributed by atoms with Crippen LogP contribution in [-0.2, 0) is 0 Å². The van der Waals surface area contributed by atoms with Crippen molar-refractivity contribution in [1.82, 2.24) is 14.0 Å². The number of rotatable bonds is 1. The van der Waals surface area contributed by atoms with Crippen LogP contribution >= 0.6 is 11.6 Å². The van der Waals surface area contributed by atoms with E-state index < -0.39 is 0 Å². The highest BCUT2D eigenvalue weighted by molar-refractivity contribution is 6.29. The van der Waals surface area contributed by atoms with Gasteiger partial charge in [0.25, 0.3) is 0 Å². The van der Waals surface area contributed by atoms with E-state index in [4.69, 9.17) is 11.6 Å². The van der Waals surface area contributed by atoms with Gasteiger partial charge in [0, 0.05) is 24.5 Å². The van der Waals surface area contributed by atoms with Gasteiger partial charge in [-0.2, -0.15) is 0 Å². The molecule has 0 radical (unpaired) electrons. The van der Waals surface area contributed by atoms with Crippen LogP contribution in [0.25, 0.3) is 5.65 Å². The molecule has 0 unspecified atom stereocenters. The highest BCUT2D eigenvalue weighted by Gasteiger charge is 2.52. The second kappa shape index (κ2) is 3.63. The summed E-state index contributed by atoms with van der Waals surface area (Å²) in [5.74, 6) is 0.851. The average Bonchev–Trinajstić information content (AvgIpc) is 2.71. The van der Waals surface area contributed by atoms with E-state index in [1.165, 1.54) is 12.8 Å². The summed E-state index contributed by atoms with van der Waals surface area (Å²) in [5, 5.41) is 0.510. The molecule has 0 amide bonds. The van der Waals surface area contributed by atoms with E-state index >= 15 is 0 Å². The Bertz CT molecular complexity index is 703. The predicted molar refractivity (Wildman–Crippen MR) is 73.6 cm³/mol. The Labute approximate surface area is 116 Å². The topological polar surface area (TPSA) is 39.3 Å². The standard InChI is InChI=1S/C14H16ClN3O/c1-9-5-14(6-9)7-10(8-14)18-11(15)4-12-16-2-3-17(12)13(18)19/h2-4,9-10H,5-8H2,1H3. The summed E-state index contributed by atoms with van der Waals surface area (Å²) in [7, 11) is 0. The van der Waals surface area contributed by atoms with E-state index in [2.05, 4.69) is 11.9 Å². The van der Waals surface area contributed by atoms with Crippen LogP contribution in [0, 0.1) is 11.3 Å². The van der Waals surface area contributed by atoms with Crippen LogP contribution in [-0.4, -0.2) is 14.0 Å². The van der Waals surface area contributed by atoms with Gasteiger partial charge in [-0.1, -0.05) is 18.5 Å². The van der Waals surface area contributed by atoms with Crippen LogP contribution in [0.2, 0.25) is 5.15 Å². The first-order valence-electron chi connectivity index (χ1n) is 6.82. The van der Waals surface area contributed by atoms with Gasteiger partial charge in [0.2, 0.25) is 0 Å². The van der Waals surface area contributed by atoms with Crippen molar-refractivity contribution in [2.75, 3.05) is 0 Å². The molecule has 2 aliphatic rings. The van der Waals surface area contributed by atoms with Gasteiger partial charge in [0.05, 0.1) is 0 Å². The number of hydrogen-bond acceptors (Lipinski definition) is 2. The summed E-state index contributed by atoms with van der Waals surface area (Å²) in [6, 6.07) is 2.04. The first-order chi connectivity index (χ1) is 9.08. The van der Waals surface area contributed by atoms with Crippen molar-refractivity contribution in [2.45, 2.75) is 38.6 Å². The average molecular weight is 278 g/mol. The molecule has 2 aliphatic carbocycles. The zero-order valence-corrected chi connectivity index (χ0v) is 11.6. The van der Waals surface area contributed by atoms with Crippen molar-refractivity contribution in [3.63, 3.8) is 0 Å². The molecule has 0 aliphatic heterocycles. The molecule has 100 valence electrons. The molecule has 0 aromatic carbocycles. The number of imidazole rings is 1. The van der Waals surface area contributed by atoms with E-state index in [1.807, 2.05) is 0 Å². The Morgan fingerprint density at radius 2 is 2.11 bits per heavy atom. The van der Waals surface area contributed by atoms with Crippen LogP contribution in [0.15, 0.2) is 23.3 Å². The molecule has 0 saturated heterocycles. The summed E-state index contributed by atoms with van der Waals surface area (Å²) in [5.41, 5.74) is 1.07. The van der Waals surface area contributed by atoms with Gasteiger partial charge < -0.3 is 0 Å². The highest BCUT2D eigenvalue weighted by Crippen LogP contribution is 2.62. The molecule has 2 aromatic heterocycles. The van der Waals surface area contributed by atoms with E-state index in [9.17, 15) is 4.79 Å². The molecule has 0 N–H and O–H groups in total. The van der Waals surface area contributed by atoms with Crippen molar-refractivity contribution < 1.29 is 0 Å². The van der Waals surface area contributed by atoms with Crippen molar-refractivity contribution in [2.24, 2.45) is 11.3 Å². The Morgan fingerprint density at radius 1 is 1.37 bits per heavy atom. The van der Waals surface area contributed by atoms with Crippen LogP contribution in [0.3, 0.4) is 0 Å². The van der Waals surface area contributed by atoms with Crippen molar-refractivity contribution in [3.8, 4) is 0 Å². The van der Waals surface area contributed by atoms with Crippen LogP contribution in [0.1, 0.15) is 38.6 Å². The SMILES string of the molecule is CC1CC2(C1)CC(n1c(Cl)cc3nccn3c1=O)C2. The Kier molecular flexibility index (Phi) is 2.20. The van der Waals surface area contributed by atoms with Gasteiger partial charge in [0.1, 0.15) is 10.8 Å². The van der Waals surface area contributed by atoms with Gasteiger partial charge in [0.15, 0.2) is 0 Å². The molecule has 19 heavy (non-hydrogen) atoms. The number of halogens is 1. The van der Waals surface area contributed by atoms with E-state index in [-0.39, 0.29) is 11.7 Å². The fraction of sp³-hybridized carbons (Fsp3) is 0.571. The number of hydrogen-bond donors (Lipinski definition) is 0. The molecule has 2 heterocycles. The van der Waals surface area contributed by atoms with Gasteiger partial charge in [-0.25, -0.2) is 9.78 Å². The van der Waals surface area contributed by atoms with Gasteiger partial charge >= 0.3 is 5.69 Å². The van der Waals surface area contributed by atoms with Gasteiger partial charge in [-0.05, 0) is 37.0 Å². The van der Waals surface area contributed by atoms with E-state index in [1.54, 1.807) is 27.4 Å². The molecule has 1 spiro atoms. The second-order valence-electron chi connectivity index (χ2n) is 6.35. The zero-order chi connectivity index (χ0) is 13.2. The van der Waals surface area contributed by atoms with Gasteiger partial charge in [-0.3, -0.25) is 8.97 Å². The Hall–Kier alpha value is -1.29. The lowest BCUT2D eigenvalue weighted by Gasteiger charge is -2.57. The fourth-order valence-corrected chi connectivity index (χ4v) is 4.48. The zero-order valence-electron chi connectivity index (χ0n) is 10.8. The molecule has 4 nitrogen and oxygen atoms in total. The number of fused-ring (bicyclic) bond motifs is 1. The second-order valence-corrected chi connectivity index (χ2v) is 6.74. The molecular weight excluding hydrogens is 262 g/mol. The van der Waals surface area contributed by atoms with Gasteiger partial charge in [-0.15, -0.1) is 0 Å². The lowest BCUT2D eigenvalue weighted by atomic mass is 9.50. The largest absolute Gasteiger partial charge is 0.335 e. The first-order valence-corrected chi connectivity index (χ1v) is 7.20. The highest BCUT2D eigenvalue weighted by atomic mass is 35.5. The monoisotopic (exact) mass is 277 g/mol. The molecule has 0 atom stereocenters. The molecule has 2 saturated carbocycles. The summed E-state index contributed by atoms with van der Waals surface area (Å²) in [6.07, 6.45) is 8.14. The van der Waals surface area contributed by atoms with Crippen molar-refractivity contribution in [1.29, 1.82) is 0 Å². The minimum absolute atomic E-state index is 0.0628. The maximum Gasteiger partial charge on any atom is 0.335 e. The predicted octanol–water partition coefficient (Wildman–Crippen LogP) is 2.90. The lowest BCUT2D eigenvalue weighted by Crippen LogP contribution is -2.49. The molecule has 2 fully saturated rings. The third-order valence-corrected chi connectivity index (χ3v) is 5.12. The molecule has 4 rings (SSSR count). The van der Waals surface area contributed by atoms with E-state index in [0.717, 1.165) is 18.8 Å². The minimum atomic E-state index is -0.0628. The van der Waals surface area contributed by atoms with Crippen LogP contribution in [0.5, 0.6) is 0 Å². The quantitative estimate of drug-likeness (QED) is 0.752. The molecular formula is C14H16ClN3O. The van der Waals surface area contributed by atoms with E-state index in [0.29, 0.717) is 16.2 Å². The van der Waals surface area contributed by atoms with Crippen LogP contribution in [0.4, 0.5) is 0 Å². The summed E-state index contributed by atoms with van der Waals surface area (Å²) >= 11 is 6.27. The van der Waals surface area contributed by atoms with Crippen molar-refractivity contribution >= 4 is 17.2 Å². The smallest absolute Gasteiger partial charge is 0.280 e. The summed E-state index contributed by atoms with van der Waals surface area (Å²) < 4.78 is 3.31. The van der Waals surface area contributed by atoms with Crippen molar-refractivity contribution in [3.05, 3.63) is 34.1 Å². The number of nitrogens with zero attached hydrogens (tertiary/aromatic N) is 3. The third kappa shape index (κ3) is 1.52. The molecule has 5 heteroatoms. The number of aromatic nitrogens is 3. The maximum atomic E-state index is 12.4. The normalized spacial score (nSPS) is 33.4. The minimum Gasteiger partial charge on any atom is -0.280 e. The fourth-order valence-electron chi connectivity index (χ4n) is 4.17. The Balaban J connectivity index is 1.71. The lowest BCUT2D eigenvalue weighted by molar-refractivity contribution is -0.0564. The first kappa shape index (κ1) is 11.5. The summed E-state index contributed by atoms with van der Waals surface area (Å²) in [6.45, 7) is 2.30. The van der Waals surface area contributed by atoms with Crippen LogP contribution < -0.4 is 5.69 Å². The molecule has 0 bridgehead atoms. The Morgan fingerprint density at radius 3 is 2.79 bits per heavy atom. The molecule has 2 aromatic rings.